The largest absolute Gasteiger partial charge is 0.454 e. The van der Waals surface area contributed by atoms with E-state index in [2.05, 4.69) is 5.32 Å². The minimum absolute atomic E-state index is 0.0829. The standard InChI is InChI=1S/C19H19FN2O4/c1-12(23)14-7-17-18(26-11-25-17)8-16(14)21-19(24)10-22(2)9-13-5-3-4-6-15(13)20/h3-8H,9-11H2,1-2H3,(H,21,24)/p+1. The van der Waals surface area contributed by atoms with Crippen molar-refractivity contribution >= 4 is 17.4 Å². The number of anilines is 1. The van der Waals surface area contributed by atoms with Crippen molar-refractivity contribution in [2.24, 2.45) is 0 Å². The topological polar surface area (TPSA) is 69.1 Å². The van der Waals surface area contributed by atoms with Crippen molar-refractivity contribution in [1.82, 2.24) is 0 Å². The van der Waals surface area contributed by atoms with Gasteiger partial charge in [0.25, 0.3) is 5.91 Å². The fraction of sp³-hybridized carbons (Fsp3) is 0.263. The van der Waals surface area contributed by atoms with Crippen LogP contribution in [0.15, 0.2) is 36.4 Å². The van der Waals surface area contributed by atoms with E-state index in [1.54, 1.807) is 37.4 Å². The van der Waals surface area contributed by atoms with E-state index in [9.17, 15) is 14.0 Å². The highest BCUT2D eigenvalue weighted by Gasteiger charge is 2.21. The SMILES string of the molecule is CC(=O)c1cc2c(cc1NC(=O)C[NH+](C)Cc1ccccc1F)OCO2. The molecule has 0 fully saturated rings. The van der Waals surface area contributed by atoms with Crippen molar-refractivity contribution in [2.45, 2.75) is 13.5 Å². The Hall–Kier alpha value is -2.93. The van der Waals surface area contributed by atoms with E-state index < -0.39 is 0 Å². The molecular weight excluding hydrogens is 339 g/mol. The maximum absolute atomic E-state index is 13.7. The number of quaternary nitrogens is 1. The lowest BCUT2D eigenvalue weighted by molar-refractivity contribution is -0.885. The second-order valence-electron chi connectivity index (χ2n) is 6.26. The summed E-state index contributed by atoms with van der Waals surface area (Å²) in [6, 6.07) is 9.64. The Morgan fingerprint density at radius 3 is 2.58 bits per heavy atom. The van der Waals surface area contributed by atoms with Crippen LogP contribution in [-0.4, -0.2) is 32.1 Å². The second kappa shape index (κ2) is 7.53. The first-order valence-corrected chi connectivity index (χ1v) is 8.23. The van der Waals surface area contributed by atoms with Gasteiger partial charge in [-0.15, -0.1) is 0 Å². The van der Waals surface area contributed by atoms with Crippen LogP contribution in [0.3, 0.4) is 0 Å². The minimum Gasteiger partial charge on any atom is -0.454 e. The molecule has 26 heavy (non-hydrogen) atoms. The fourth-order valence-electron chi connectivity index (χ4n) is 2.83. The van der Waals surface area contributed by atoms with Crippen LogP contribution in [-0.2, 0) is 11.3 Å². The van der Waals surface area contributed by atoms with Gasteiger partial charge >= 0.3 is 0 Å². The molecule has 0 saturated carbocycles. The third-order valence-corrected chi connectivity index (χ3v) is 4.08. The van der Waals surface area contributed by atoms with Crippen molar-refractivity contribution < 1.29 is 28.4 Å². The molecule has 0 aliphatic carbocycles. The molecule has 1 atom stereocenters. The lowest BCUT2D eigenvalue weighted by Gasteiger charge is -2.15. The molecule has 0 bridgehead atoms. The fourth-order valence-corrected chi connectivity index (χ4v) is 2.83. The monoisotopic (exact) mass is 359 g/mol. The van der Waals surface area contributed by atoms with E-state index in [1.807, 2.05) is 0 Å². The summed E-state index contributed by atoms with van der Waals surface area (Å²) >= 11 is 0. The zero-order valence-electron chi connectivity index (χ0n) is 14.6. The average molecular weight is 359 g/mol. The Balaban J connectivity index is 1.68. The number of ketones is 1. The highest BCUT2D eigenvalue weighted by molar-refractivity contribution is 6.04. The highest BCUT2D eigenvalue weighted by Crippen LogP contribution is 2.37. The molecule has 1 aliphatic heterocycles. The summed E-state index contributed by atoms with van der Waals surface area (Å²) in [5.74, 6) is 0.209. The Bertz CT molecular complexity index is 853. The molecule has 3 rings (SSSR count). The van der Waals surface area contributed by atoms with E-state index in [0.29, 0.717) is 34.9 Å². The maximum atomic E-state index is 13.7. The molecule has 2 aromatic carbocycles. The van der Waals surface area contributed by atoms with Crippen LogP contribution in [0.1, 0.15) is 22.8 Å². The van der Waals surface area contributed by atoms with Crippen LogP contribution >= 0.6 is 0 Å². The summed E-state index contributed by atoms with van der Waals surface area (Å²) < 4.78 is 24.3. The van der Waals surface area contributed by atoms with E-state index in [0.717, 1.165) is 4.90 Å². The quantitative estimate of drug-likeness (QED) is 0.766. The van der Waals surface area contributed by atoms with E-state index >= 15 is 0 Å². The molecule has 1 aliphatic rings. The third kappa shape index (κ3) is 4.00. The number of carbonyl (C=O) groups is 2. The molecule has 0 radical (unpaired) electrons. The molecule has 0 aromatic heterocycles. The summed E-state index contributed by atoms with van der Waals surface area (Å²) in [6.07, 6.45) is 0. The molecule has 0 spiro atoms. The number of hydrogen-bond acceptors (Lipinski definition) is 4. The van der Waals surface area contributed by atoms with Crippen LogP contribution < -0.4 is 19.7 Å². The van der Waals surface area contributed by atoms with Crippen molar-refractivity contribution in [2.75, 3.05) is 25.7 Å². The first-order chi connectivity index (χ1) is 12.4. The number of hydrogen-bond donors (Lipinski definition) is 2. The van der Waals surface area contributed by atoms with Crippen molar-refractivity contribution in [3.05, 3.63) is 53.3 Å². The number of rotatable bonds is 6. The van der Waals surface area contributed by atoms with Crippen LogP contribution in [0.4, 0.5) is 10.1 Å². The number of halogens is 1. The molecule has 2 N–H and O–H groups in total. The van der Waals surface area contributed by atoms with Gasteiger partial charge in [-0.05, 0) is 19.1 Å². The molecule has 6 nitrogen and oxygen atoms in total. The lowest BCUT2D eigenvalue weighted by Crippen LogP contribution is -3.08. The van der Waals surface area contributed by atoms with Gasteiger partial charge in [-0.3, -0.25) is 9.59 Å². The number of nitrogens with one attached hydrogen (secondary N) is 2. The van der Waals surface area contributed by atoms with E-state index in [1.165, 1.54) is 13.0 Å². The Morgan fingerprint density at radius 1 is 1.19 bits per heavy atom. The van der Waals surface area contributed by atoms with E-state index in [-0.39, 0.29) is 30.8 Å². The summed E-state index contributed by atoms with van der Waals surface area (Å²) in [7, 11) is 1.80. The summed E-state index contributed by atoms with van der Waals surface area (Å²) in [5.41, 5.74) is 1.28. The Labute approximate surface area is 150 Å². The molecule has 7 heteroatoms. The first kappa shape index (κ1) is 17.9. The van der Waals surface area contributed by atoms with Crippen LogP contribution in [0.25, 0.3) is 0 Å². The molecule has 1 heterocycles. The maximum Gasteiger partial charge on any atom is 0.279 e. The zero-order valence-corrected chi connectivity index (χ0v) is 14.6. The van der Waals surface area contributed by atoms with Gasteiger partial charge in [-0.1, -0.05) is 18.2 Å². The zero-order chi connectivity index (χ0) is 18.7. The van der Waals surface area contributed by atoms with Gasteiger partial charge in [0, 0.05) is 17.2 Å². The van der Waals surface area contributed by atoms with Crippen LogP contribution in [0.2, 0.25) is 0 Å². The van der Waals surface area contributed by atoms with Crippen molar-refractivity contribution in [3.63, 3.8) is 0 Å². The van der Waals surface area contributed by atoms with Crippen LogP contribution in [0, 0.1) is 5.82 Å². The van der Waals surface area contributed by atoms with Gasteiger partial charge in [0.15, 0.2) is 23.8 Å². The molecule has 0 saturated heterocycles. The first-order valence-electron chi connectivity index (χ1n) is 8.23. The number of benzene rings is 2. The summed E-state index contributed by atoms with van der Waals surface area (Å²) in [4.78, 5) is 25.0. The van der Waals surface area contributed by atoms with Gasteiger partial charge in [0.05, 0.1) is 12.7 Å². The van der Waals surface area contributed by atoms with Crippen molar-refractivity contribution in [3.8, 4) is 11.5 Å². The molecular formula is C19H20FN2O4+. The average Bonchev–Trinajstić information content (AvgIpc) is 3.03. The highest BCUT2D eigenvalue weighted by atomic mass is 19.1. The number of ether oxygens (including phenoxy) is 2. The van der Waals surface area contributed by atoms with Gasteiger partial charge in [0.1, 0.15) is 12.4 Å². The number of amides is 1. The number of likely N-dealkylation sites (N-methyl/N-ethyl adjacent to an activating group) is 1. The number of Topliss-reactive ketones (excluding diaryl/α,β-unsaturated/α-hetero) is 1. The normalized spacial score (nSPS) is 13.3. The summed E-state index contributed by atoms with van der Waals surface area (Å²) in [6.45, 7) is 2.00. The van der Waals surface area contributed by atoms with Crippen molar-refractivity contribution in [1.29, 1.82) is 0 Å². The summed E-state index contributed by atoms with van der Waals surface area (Å²) in [5, 5.41) is 2.74. The van der Waals surface area contributed by atoms with Gasteiger partial charge in [-0.2, -0.15) is 0 Å². The van der Waals surface area contributed by atoms with Crippen LogP contribution in [0.5, 0.6) is 11.5 Å². The Morgan fingerprint density at radius 2 is 1.88 bits per heavy atom. The van der Waals surface area contributed by atoms with Gasteiger partial charge in [-0.25, -0.2) is 4.39 Å². The lowest BCUT2D eigenvalue weighted by atomic mass is 10.1. The number of fused-ring (bicyclic) bond motifs is 1. The smallest absolute Gasteiger partial charge is 0.279 e. The minimum atomic E-state index is -0.290. The second-order valence-corrected chi connectivity index (χ2v) is 6.26. The number of carbonyl (C=O) groups excluding carboxylic acids is 2. The van der Waals surface area contributed by atoms with Gasteiger partial charge in [0.2, 0.25) is 6.79 Å². The predicted octanol–water partition coefficient (Wildman–Crippen LogP) is 1.41. The predicted molar refractivity (Wildman–Crippen MR) is 93.1 cm³/mol. The molecule has 2 aromatic rings. The third-order valence-electron chi connectivity index (χ3n) is 4.08. The Kier molecular flexibility index (Phi) is 5.18. The molecule has 1 amide bonds. The van der Waals surface area contributed by atoms with Gasteiger partial charge < -0.3 is 19.7 Å². The van der Waals surface area contributed by atoms with E-state index in [4.69, 9.17) is 9.47 Å². The molecule has 1 unspecified atom stereocenters. The molecule has 136 valence electrons.